The van der Waals surface area contributed by atoms with Gasteiger partial charge in [-0.2, -0.15) is 0 Å². The number of halogens is 1. The van der Waals surface area contributed by atoms with Crippen LogP contribution < -0.4 is 10.6 Å². The van der Waals surface area contributed by atoms with Crippen molar-refractivity contribution in [3.8, 4) is 5.75 Å². The molecule has 0 aliphatic rings. The van der Waals surface area contributed by atoms with Crippen molar-refractivity contribution >= 4 is 28.5 Å². The third kappa shape index (κ3) is 4.19. The van der Waals surface area contributed by atoms with Crippen LogP contribution in [-0.4, -0.2) is 21.8 Å². The van der Waals surface area contributed by atoms with E-state index in [-0.39, 0.29) is 12.2 Å². The molecule has 0 bridgehead atoms. The van der Waals surface area contributed by atoms with Crippen molar-refractivity contribution in [1.82, 2.24) is 4.98 Å². The van der Waals surface area contributed by atoms with Gasteiger partial charge in [0, 0.05) is 18.0 Å². The van der Waals surface area contributed by atoms with Gasteiger partial charge in [-0.3, -0.25) is 4.98 Å². The van der Waals surface area contributed by atoms with E-state index in [0.29, 0.717) is 15.9 Å². The van der Waals surface area contributed by atoms with E-state index in [1.54, 1.807) is 37.4 Å². The number of aromatic nitrogens is 1. The predicted molar refractivity (Wildman–Crippen MR) is 89.2 cm³/mol. The van der Waals surface area contributed by atoms with E-state index in [4.69, 9.17) is 22.2 Å². The smallest absolute Gasteiger partial charge is 0.378 e. The molecule has 0 spiro atoms. The molecule has 0 saturated heterocycles. The topological polar surface area (TPSA) is 94.7 Å². The Morgan fingerprint density at radius 3 is 2.70 bits per heavy atom. The number of pyridine rings is 1. The Balaban J connectivity index is 0.000000816. The van der Waals surface area contributed by atoms with E-state index in [9.17, 15) is 9.90 Å². The molecule has 1 unspecified atom stereocenters. The van der Waals surface area contributed by atoms with Gasteiger partial charge in [-0.15, -0.1) is 6.58 Å². The van der Waals surface area contributed by atoms with Crippen molar-refractivity contribution < 1.29 is 19.5 Å². The van der Waals surface area contributed by atoms with Crippen molar-refractivity contribution in [1.29, 1.82) is 0 Å². The number of carbonyl (C=O) groups is 1. The van der Waals surface area contributed by atoms with Gasteiger partial charge >= 0.3 is 11.8 Å². The molecular formula is C16H19ClN2O4. The Kier molecular flexibility index (Phi) is 6.96. The zero-order chi connectivity index (χ0) is 17.5. The molecule has 3 N–H and O–H groups in total. The second kappa shape index (κ2) is 8.47. The minimum Gasteiger partial charge on any atom is -0.476 e. The highest BCUT2D eigenvalue weighted by atomic mass is 35.5. The maximum Gasteiger partial charge on any atom is 0.378 e. The van der Waals surface area contributed by atoms with Crippen LogP contribution in [0.1, 0.15) is 20.3 Å². The quantitative estimate of drug-likeness (QED) is 0.492. The number of rotatable bonds is 5. The molecule has 124 valence electrons. The second-order valence-electron chi connectivity index (χ2n) is 4.48. The van der Waals surface area contributed by atoms with E-state index < -0.39 is 11.8 Å². The summed E-state index contributed by atoms with van der Waals surface area (Å²) in [5.41, 5.74) is 0.441. The first-order chi connectivity index (χ1) is 11.0. The Morgan fingerprint density at radius 2 is 2.17 bits per heavy atom. The summed E-state index contributed by atoms with van der Waals surface area (Å²) in [5.74, 6) is 2.05. The molecule has 0 fully saturated rings. The van der Waals surface area contributed by atoms with Crippen LogP contribution in [0.2, 0.25) is 5.02 Å². The standard InChI is InChI=1S/C13H13ClN2O4.C3H6/c1-2-13(20-15,12(17)18)19-10-6-5-9(14)8-4-3-7-16-11(8)10;1-3-2/h3-7H,2,15H2,1H3,(H,17,18);3H,1H2,2H3. The fraction of sp³-hybridized carbons (Fsp3) is 0.250. The fourth-order valence-corrected chi connectivity index (χ4v) is 2.01. The molecule has 1 atom stereocenters. The molecule has 0 aliphatic carbocycles. The van der Waals surface area contributed by atoms with Gasteiger partial charge in [-0.1, -0.05) is 24.6 Å². The van der Waals surface area contributed by atoms with Gasteiger partial charge < -0.3 is 9.84 Å². The van der Waals surface area contributed by atoms with Crippen LogP contribution in [0.4, 0.5) is 0 Å². The number of nitrogens with two attached hydrogens (primary N) is 1. The second-order valence-corrected chi connectivity index (χ2v) is 4.89. The summed E-state index contributed by atoms with van der Waals surface area (Å²) < 4.78 is 5.46. The summed E-state index contributed by atoms with van der Waals surface area (Å²) in [6.45, 7) is 6.84. The lowest BCUT2D eigenvalue weighted by Crippen LogP contribution is -2.48. The van der Waals surface area contributed by atoms with Gasteiger partial charge in [0.1, 0.15) is 11.3 Å². The van der Waals surface area contributed by atoms with Gasteiger partial charge in [-0.05, 0) is 31.2 Å². The van der Waals surface area contributed by atoms with Crippen LogP contribution in [0.25, 0.3) is 10.9 Å². The van der Waals surface area contributed by atoms with Crippen molar-refractivity contribution in [3.63, 3.8) is 0 Å². The molecule has 2 rings (SSSR count). The van der Waals surface area contributed by atoms with Crippen molar-refractivity contribution in [2.75, 3.05) is 0 Å². The summed E-state index contributed by atoms with van der Waals surface area (Å²) in [4.78, 5) is 20.0. The minimum atomic E-state index is -1.96. The van der Waals surface area contributed by atoms with E-state index in [2.05, 4.69) is 16.4 Å². The van der Waals surface area contributed by atoms with Crippen LogP contribution >= 0.6 is 11.6 Å². The number of benzene rings is 1. The first kappa shape index (κ1) is 18.9. The van der Waals surface area contributed by atoms with Crippen molar-refractivity contribution in [3.05, 3.63) is 48.1 Å². The summed E-state index contributed by atoms with van der Waals surface area (Å²) >= 11 is 6.06. The van der Waals surface area contributed by atoms with Gasteiger partial charge in [0.15, 0.2) is 0 Å². The summed E-state index contributed by atoms with van der Waals surface area (Å²) in [7, 11) is 0. The highest BCUT2D eigenvalue weighted by molar-refractivity contribution is 6.35. The molecule has 6 nitrogen and oxygen atoms in total. The monoisotopic (exact) mass is 338 g/mol. The maximum absolute atomic E-state index is 11.3. The molecule has 0 aliphatic heterocycles. The molecule has 23 heavy (non-hydrogen) atoms. The average molecular weight is 339 g/mol. The predicted octanol–water partition coefficient (Wildman–Crippen LogP) is 3.54. The van der Waals surface area contributed by atoms with Crippen molar-refractivity contribution in [2.24, 2.45) is 5.90 Å². The molecule has 1 heterocycles. The Bertz CT molecular complexity index is 687. The first-order valence-electron chi connectivity index (χ1n) is 6.86. The summed E-state index contributed by atoms with van der Waals surface area (Å²) in [5, 5.41) is 10.4. The van der Waals surface area contributed by atoms with Crippen LogP contribution in [0.3, 0.4) is 0 Å². The zero-order valence-electron chi connectivity index (χ0n) is 13.0. The van der Waals surface area contributed by atoms with Gasteiger partial charge in [0.05, 0.1) is 5.02 Å². The number of fused-ring (bicyclic) bond motifs is 1. The van der Waals surface area contributed by atoms with Crippen LogP contribution in [0.5, 0.6) is 5.75 Å². The Labute approximate surface area is 139 Å². The third-order valence-corrected chi connectivity index (χ3v) is 3.27. The minimum absolute atomic E-state index is 0.0236. The normalized spacial score (nSPS) is 12.7. The van der Waals surface area contributed by atoms with Crippen LogP contribution in [-0.2, 0) is 9.63 Å². The maximum atomic E-state index is 11.3. The van der Waals surface area contributed by atoms with E-state index in [1.165, 1.54) is 6.07 Å². The van der Waals surface area contributed by atoms with E-state index >= 15 is 0 Å². The number of ether oxygens (including phenoxy) is 1. The lowest BCUT2D eigenvalue weighted by atomic mass is 10.2. The van der Waals surface area contributed by atoms with Gasteiger partial charge in [0.2, 0.25) is 0 Å². The highest BCUT2D eigenvalue weighted by Crippen LogP contribution is 2.32. The first-order valence-corrected chi connectivity index (χ1v) is 7.24. The molecule has 0 saturated carbocycles. The van der Waals surface area contributed by atoms with Crippen molar-refractivity contribution in [2.45, 2.75) is 26.1 Å². The molecule has 0 amide bonds. The SMILES string of the molecule is C=CC.CCC(ON)(Oc1ccc(Cl)c2cccnc12)C(=O)O. The van der Waals surface area contributed by atoms with Crippen LogP contribution in [0.15, 0.2) is 43.1 Å². The number of allylic oxidation sites excluding steroid dienone is 1. The molecule has 2 aromatic rings. The average Bonchev–Trinajstić information content (AvgIpc) is 2.55. The number of hydrogen-bond acceptors (Lipinski definition) is 5. The summed E-state index contributed by atoms with van der Waals surface area (Å²) in [6.07, 6.45) is 3.33. The van der Waals surface area contributed by atoms with Gasteiger partial charge in [-0.25, -0.2) is 15.5 Å². The van der Waals surface area contributed by atoms with Gasteiger partial charge in [0.25, 0.3) is 0 Å². The highest BCUT2D eigenvalue weighted by Gasteiger charge is 2.41. The number of carboxylic acid groups (broad SMARTS) is 1. The molecular weight excluding hydrogens is 320 g/mol. The van der Waals surface area contributed by atoms with Crippen LogP contribution in [0, 0.1) is 0 Å². The number of carboxylic acids is 1. The zero-order valence-corrected chi connectivity index (χ0v) is 13.7. The number of hydrogen-bond donors (Lipinski definition) is 2. The summed E-state index contributed by atoms with van der Waals surface area (Å²) in [6, 6.07) is 6.61. The molecule has 0 radical (unpaired) electrons. The lowest BCUT2D eigenvalue weighted by Gasteiger charge is -2.26. The third-order valence-electron chi connectivity index (χ3n) is 2.94. The molecule has 1 aromatic carbocycles. The van der Waals surface area contributed by atoms with E-state index in [0.717, 1.165) is 0 Å². The lowest BCUT2D eigenvalue weighted by molar-refractivity contribution is -0.214. The fourth-order valence-electron chi connectivity index (χ4n) is 1.80. The molecule has 1 aromatic heterocycles. The van der Waals surface area contributed by atoms with E-state index in [1.807, 2.05) is 6.92 Å². The largest absolute Gasteiger partial charge is 0.476 e. The Hall–Kier alpha value is -2.15. The Morgan fingerprint density at radius 1 is 1.52 bits per heavy atom. The molecule has 7 heteroatoms. The number of aliphatic carboxylic acids is 1. The number of nitrogens with zero attached hydrogens (tertiary/aromatic N) is 1.